The number of hydrogen-bond donors (Lipinski definition) is 0. The van der Waals surface area contributed by atoms with E-state index in [4.69, 9.17) is 0 Å². The molecule has 0 N–H and O–H groups in total. The minimum absolute atomic E-state index is 1.00. The second-order valence-electron chi connectivity index (χ2n) is 3.65. The molecule has 14 heavy (non-hydrogen) atoms. The summed E-state index contributed by atoms with van der Waals surface area (Å²) in [6.07, 6.45) is 1.20. The lowest BCUT2D eigenvalue weighted by atomic mass is 10.2. The van der Waals surface area contributed by atoms with Gasteiger partial charge in [0.25, 0.3) is 0 Å². The zero-order valence-electron chi connectivity index (χ0n) is 7.94. The van der Waals surface area contributed by atoms with E-state index in [1.807, 2.05) is 11.8 Å². The van der Waals surface area contributed by atoms with Gasteiger partial charge in [0.2, 0.25) is 0 Å². The molecular weight excluding hydrogens is 192 g/mol. The maximum Gasteiger partial charge on any atom is 0.164 e. The lowest BCUT2D eigenvalue weighted by Crippen LogP contribution is -2.35. The van der Waals surface area contributed by atoms with Crippen molar-refractivity contribution in [1.29, 1.82) is 0 Å². The van der Waals surface area contributed by atoms with Crippen LogP contribution in [0.15, 0.2) is 34.2 Å². The molecule has 2 aliphatic heterocycles. The molecule has 0 spiro atoms. The van der Waals surface area contributed by atoms with Crippen molar-refractivity contribution in [3.8, 4) is 0 Å². The largest absolute Gasteiger partial charge is 0.347 e. The summed E-state index contributed by atoms with van der Waals surface area (Å²) in [5.41, 5.74) is 1.44. The molecule has 0 saturated heterocycles. The topological polar surface area (TPSA) is 15.6 Å². The van der Waals surface area contributed by atoms with Crippen molar-refractivity contribution >= 4 is 16.9 Å². The van der Waals surface area contributed by atoms with Crippen LogP contribution in [-0.2, 0) is 6.54 Å². The third-order valence-electron chi connectivity index (χ3n) is 2.64. The Kier molecular flexibility index (Phi) is 1.98. The van der Waals surface area contributed by atoms with Crippen molar-refractivity contribution < 1.29 is 0 Å². The Balaban J connectivity index is 2.00. The van der Waals surface area contributed by atoms with Gasteiger partial charge in [-0.2, -0.15) is 0 Å². The number of hydrogen-bond acceptors (Lipinski definition) is 3. The van der Waals surface area contributed by atoms with E-state index in [1.165, 1.54) is 28.6 Å². The highest BCUT2D eigenvalue weighted by atomic mass is 32.2. The lowest BCUT2D eigenvalue weighted by Gasteiger charge is -2.33. The first-order valence-electron chi connectivity index (χ1n) is 4.99. The Bertz CT molecular complexity index is 387. The van der Waals surface area contributed by atoms with Gasteiger partial charge in [-0.3, -0.25) is 4.99 Å². The third kappa shape index (κ3) is 1.32. The van der Waals surface area contributed by atoms with E-state index < -0.39 is 0 Å². The van der Waals surface area contributed by atoms with Gasteiger partial charge in [-0.05, 0) is 18.1 Å². The number of aliphatic imine (C=N–C) groups is 1. The molecule has 0 amide bonds. The summed E-state index contributed by atoms with van der Waals surface area (Å²) in [7, 11) is 0. The van der Waals surface area contributed by atoms with Crippen LogP contribution in [0.25, 0.3) is 0 Å². The molecule has 0 radical (unpaired) electrons. The SMILES string of the molecule is c1ccc2c(c1)CN1CCCN=C1S2. The second-order valence-corrected chi connectivity index (χ2v) is 4.66. The first-order valence-corrected chi connectivity index (χ1v) is 5.80. The van der Waals surface area contributed by atoms with E-state index in [1.54, 1.807) is 0 Å². The van der Waals surface area contributed by atoms with Crippen molar-refractivity contribution in [1.82, 2.24) is 4.90 Å². The van der Waals surface area contributed by atoms with E-state index in [9.17, 15) is 0 Å². The Morgan fingerprint density at radius 2 is 2.21 bits per heavy atom. The molecule has 2 nitrogen and oxygen atoms in total. The molecule has 0 bridgehead atoms. The van der Waals surface area contributed by atoms with E-state index in [0.717, 1.165) is 13.1 Å². The Morgan fingerprint density at radius 3 is 3.21 bits per heavy atom. The first-order chi connectivity index (χ1) is 6.93. The van der Waals surface area contributed by atoms with Crippen LogP contribution in [0.1, 0.15) is 12.0 Å². The molecule has 0 aliphatic carbocycles. The van der Waals surface area contributed by atoms with Crippen LogP contribution in [0.3, 0.4) is 0 Å². The van der Waals surface area contributed by atoms with Crippen LogP contribution in [0.5, 0.6) is 0 Å². The monoisotopic (exact) mass is 204 g/mol. The van der Waals surface area contributed by atoms with Crippen molar-refractivity contribution in [2.45, 2.75) is 17.9 Å². The Hall–Kier alpha value is -0.960. The predicted octanol–water partition coefficient (Wildman–Crippen LogP) is 2.35. The molecule has 2 aliphatic rings. The van der Waals surface area contributed by atoms with Gasteiger partial charge in [-0.1, -0.05) is 30.0 Å². The molecule has 1 aromatic rings. The van der Waals surface area contributed by atoms with E-state index >= 15 is 0 Å². The van der Waals surface area contributed by atoms with Gasteiger partial charge < -0.3 is 4.90 Å². The number of nitrogens with zero attached hydrogens (tertiary/aromatic N) is 2. The van der Waals surface area contributed by atoms with Crippen molar-refractivity contribution in [3.05, 3.63) is 29.8 Å². The van der Waals surface area contributed by atoms with Crippen LogP contribution in [0.2, 0.25) is 0 Å². The number of benzene rings is 1. The summed E-state index contributed by atoms with van der Waals surface area (Å²) in [5, 5.41) is 1.22. The molecule has 0 atom stereocenters. The Morgan fingerprint density at radius 1 is 1.29 bits per heavy atom. The first kappa shape index (κ1) is 8.36. The number of rotatable bonds is 0. The fraction of sp³-hybridized carbons (Fsp3) is 0.364. The van der Waals surface area contributed by atoms with E-state index in [2.05, 4.69) is 34.2 Å². The summed E-state index contributed by atoms with van der Waals surface area (Å²) in [4.78, 5) is 8.32. The molecule has 3 heteroatoms. The summed E-state index contributed by atoms with van der Waals surface area (Å²) >= 11 is 1.82. The summed E-state index contributed by atoms with van der Waals surface area (Å²) in [6.45, 7) is 3.21. The van der Waals surface area contributed by atoms with Crippen LogP contribution < -0.4 is 0 Å². The predicted molar refractivity (Wildman–Crippen MR) is 59.6 cm³/mol. The fourth-order valence-electron chi connectivity index (χ4n) is 1.91. The van der Waals surface area contributed by atoms with Gasteiger partial charge in [0.15, 0.2) is 5.17 Å². The average molecular weight is 204 g/mol. The van der Waals surface area contributed by atoms with E-state index in [-0.39, 0.29) is 0 Å². The molecule has 72 valence electrons. The van der Waals surface area contributed by atoms with Gasteiger partial charge in [-0.15, -0.1) is 0 Å². The van der Waals surface area contributed by atoms with E-state index in [0.29, 0.717) is 0 Å². The van der Waals surface area contributed by atoms with Gasteiger partial charge in [0.05, 0.1) is 0 Å². The highest BCUT2D eigenvalue weighted by Gasteiger charge is 2.23. The Labute approximate surface area is 88.0 Å². The molecule has 0 aromatic heterocycles. The lowest BCUT2D eigenvalue weighted by molar-refractivity contribution is 0.391. The molecule has 3 rings (SSSR count). The number of fused-ring (bicyclic) bond motifs is 2. The summed E-state index contributed by atoms with van der Waals surface area (Å²) < 4.78 is 0. The highest BCUT2D eigenvalue weighted by molar-refractivity contribution is 8.13. The standard InChI is InChI=1S/C11H12N2S/c1-2-5-10-9(4-1)8-13-7-3-6-12-11(13)14-10/h1-2,4-5H,3,6-8H2. The van der Waals surface area contributed by atoms with Crippen LogP contribution >= 0.6 is 11.8 Å². The minimum Gasteiger partial charge on any atom is -0.347 e. The zero-order chi connectivity index (χ0) is 9.38. The normalized spacial score (nSPS) is 19.7. The minimum atomic E-state index is 1.00. The van der Waals surface area contributed by atoms with Crippen LogP contribution in [0.4, 0.5) is 0 Å². The molecule has 0 saturated carbocycles. The average Bonchev–Trinajstić information content (AvgIpc) is 2.26. The summed E-state index contributed by atoms with van der Waals surface area (Å²) in [6, 6.07) is 8.62. The van der Waals surface area contributed by atoms with Crippen molar-refractivity contribution in [2.24, 2.45) is 4.99 Å². The summed E-state index contributed by atoms with van der Waals surface area (Å²) in [5.74, 6) is 0. The number of amidine groups is 1. The van der Waals surface area contributed by atoms with Crippen molar-refractivity contribution in [3.63, 3.8) is 0 Å². The van der Waals surface area contributed by atoms with Gasteiger partial charge >= 0.3 is 0 Å². The molecule has 0 fully saturated rings. The molecular formula is C11H12N2S. The van der Waals surface area contributed by atoms with Crippen LogP contribution in [0, 0.1) is 0 Å². The maximum absolute atomic E-state index is 4.56. The van der Waals surface area contributed by atoms with Gasteiger partial charge in [-0.25, -0.2) is 0 Å². The third-order valence-corrected chi connectivity index (χ3v) is 3.83. The maximum atomic E-state index is 4.56. The molecule has 2 heterocycles. The fourth-order valence-corrected chi connectivity index (χ4v) is 2.96. The second kappa shape index (κ2) is 3.31. The smallest absolute Gasteiger partial charge is 0.164 e. The molecule has 1 aromatic carbocycles. The quantitative estimate of drug-likeness (QED) is 0.644. The number of thioether (sulfide) groups is 1. The highest BCUT2D eigenvalue weighted by Crippen LogP contribution is 2.33. The van der Waals surface area contributed by atoms with Crippen molar-refractivity contribution in [2.75, 3.05) is 13.1 Å². The zero-order valence-corrected chi connectivity index (χ0v) is 8.76. The van der Waals surface area contributed by atoms with Gasteiger partial charge in [0, 0.05) is 24.5 Å². The van der Waals surface area contributed by atoms with Gasteiger partial charge in [0.1, 0.15) is 0 Å². The van der Waals surface area contributed by atoms with Crippen LogP contribution in [-0.4, -0.2) is 23.2 Å². The molecule has 0 unspecified atom stereocenters.